The van der Waals surface area contributed by atoms with Crippen molar-refractivity contribution in [3.63, 3.8) is 0 Å². The van der Waals surface area contributed by atoms with Gasteiger partial charge in [0.1, 0.15) is 5.82 Å². The Kier molecular flexibility index (Phi) is 6.30. The number of non-ortho nitro benzene ring substituents is 1. The first-order valence-corrected chi connectivity index (χ1v) is 9.43. The summed E-state index contributed by atoms with van der Waals surface area (Å²) in [4.78, 5) is 10.0. The maximum Gasteiger partial charge on any atom is 0.269 e. The van der Waals surface area contributed by atoms with Gasteiger partial charge in [0.25, 0.3) is 5.69 Å². The Hall–Kier alpha value is -2.07. The monoisotopic (exact) mass is 401 g/mol. The van der Waals surface area contributed by atoms with Crippen LogP contribution in [0.1, 0.15) is 18.5 Å². The molecule has 2 rings (SSSR count). The molecule has 0 spiro atoms. The molecule has 0 bridgehead atoms. The van der Waals surface area contributed by atoms with Crippen LogP contribution in [0.3, 0.4) is 0 Å². The molecule has 2 aromatic carbocycles. The fourth-order valence-electron chi connectivity index (χ4n) is 2.35. The van der Waals surface area contributed by atoms with Gasteiger partial charge in [-0.05, 0) is 29.8 Å². The molecule has 0 aliphatic carbocycles. The lowest BCUT2D eigenvalue weighted by atomic mass is 10.1. The van der Waals surface area contributed by atoms with E-state index in [1.165, 1.54) is 30.3 Å². The number of rotatable bonds is 7. The smallest absolute Gasteiger partial charge is 0.269 e. The van der Waals surface area contributed by atoms with Gasteiger partial charge in [-0.15, -0.1) is 0 Å². The maximum absolute atomic E-state index is 13.3. The third kappa shape index (κ3) is 4.36. The summed E-state index contributed by atoms with van der Waals surface area (Å²) in [5, 5.41) is 10.6. The van der Waals surface area contributed by atoms with Crippen LogP contribution in [0.2, 0.25) is 5.02 Å². The Morgan fingerprint density at radius 2 is 1.88 bits per heavy atom. The van der Waals surface area contributed by atoms with Gasteiger partial charge >= 0.3 is 0 Å². The number of likely N-dealkylation sites (N-methyl/N-ethyl adjacent to an activating group) is 1. The van der Waals surface area contributed by atoms with Crippen LogP contribution in [0, 0.1) is 15.9 Å². The second kappa shape index (κ2) is 8.09. The van der Waals surface area contributed by atoms with Gasteiger partial charge in [0.15, 0.2) is 0 Å². The molecule has 0 fully saturated rings. The number of nitro benzene ring substituents is 1. The number of halogens is 2. The number of nitro groups is 1. The molecule has 0 heterocycles. The standard InChI is InChI=1S/C16H17ClFN3O4S/c1-2-20(10-16(19)11-3-8-15(18)14(17)9-11)26(24,25)13-6-4-12(5-7-13)21(22)23/h3-9,16H,2,10,19H2,1H3/t16-/m1/s1. The number of sulfonamides is 1. The maximum atomic E-state index is 13.3. The zero-order valence-electron chi connectivity index (χ0n) is 13.8. The number of benzene rings is 2. The van der Waals surface area contributed by atoms with Crippen molar-refractivity contribution in [3.05, 3.63) is 69.0 Å². The molecule has 0 amide bonds. The molecule has 140 valence electrons. The molecule has 0 aliphatic heterocycles. The minimum atomic E-state index is -3.89. The highest BCUT2D eigenvalue weighted by Gasteiger charge is 2.26. The van der Waals surface area contributed by atoms with Crippen LogP contribution < -0.4 is 5.73 Å². The van der Waals surface area contributed by atoms with E-state index < -0.39 is 26.8 Å². The molecule has 0 saturated carbocycles. The van der Waals surface area contributed by atoms with Crippen molar-refractivity contribution in [2.75, 3.05) is 13.1 Å². The molecule has 0 radical (unpaired) electrons. The number of nitrogens with zero attached hydrogens (tertiary/aromatic N) is 2. The van der Waals surface area contributed by atoms with E-state index in [0.717, 1.165) is 16.4 Å². The lowest BCUT2D eigenvalue weighted by Gasteiger charge is -2.24. The van der Waals surface area contributed by atoms with E-state index in [4.69, 9.17) is 17.3 Å². The summed E-state index contributed by atoms with van der Waals surface area (Å²) >= 11 is 5.74. The van der Waals surface area contributed by atoms with Gasteiger partial charge in [0, 0.05) is 31.3 Å². The minimum absolute atomic E-state index is 0.0578. The highest BCUT2D eigenvalue weighted by Crippen LogP contribution is 2.24. The predicted octanol–water partition coefficient (Wildman–Crippen LogP) is 3.10. The number of hydrogen-bond donors (Lipinski definition) is 1. The van der Waals surface area contributed by atoms with E-state index in [0.29, 0.717) is 5.56 Å². The van der Waals surface area contributed by atoms with Crippen molar-refractivity contribution in [3.8, 4) is 0 Å². The molecule has 0 aliphatic rings. The molecular weight excluding hydrogens is 385 g/mol. The van der Waals surface area contributed by atoms with Crippen molar-refractivity contribution < 1.29 is 17.7 Å². The van der Waals surface area contributed by atoms with Gasteiger partial charge in [0.05, 0.1) is 14.8 Å². The molecule has 2 N–H and O–H groups in total. The zero-order valence-corrected chi connectivity index (χ0v) is 15.4. The molecule has 26 heavy (non-hydrogen) atoms. The molecule has 1 atom stereocenters. The second-order valence-corrected chi connectivity index (χ2v) is 7.83. The molecular formula is C16H17ClFN3O4S. The third-order valence-corrected chi connectivity index (χ3v) is 6.05. The fraction of sp³-hybridized carbons (Fsp3) is 0.250. The largest absolute Gasteiger partial charge is 0.323 e. The summed E-state index contributed by atoms with van der Waals surface area (Å²) in [5.41, 5.74) is 6.34. The summed E-state index contributed by atoms with van der Waals surface area (Å²) in [7, 11) is -3.89. The molecule has 2 aromatic rings. The predicted molar refractivity (Wildman–Crippen MR) is 95.9 cm³/mol. The van der Waals surface area contributed by atoms with Gasteiger partial charge in [-0.25, -0.2) is 12.8 Å². The van der Waals surface area contributed by atoms with Crippen LogP contribution in [0.25, 0.3) is 0 Å². The van der Waals surface area contributed by atoms with Crippen LogP contribution in [-0.2, 0) is 10.0 Å². The highest BCUT2D eigenvalue weighted by molar-refractivity contribution is 7.89. The first-order valence-electron chi connectivity index (χ1n) is 7.62. The SMILES string of the molecule is CCN(C[C@@H](N)c1ccc(F)c(Cl)c1)S(=O)(=O)c1ccc([N+](=O)[O-])cc1. The second-order valence-electron chi connectivity index (χ2n) is 5.49. The van der Waals surface area contributed by atoms with E-state index in [2.05, 4.69) is 0 Å². The Morgan fingerprint density at radius 1 is 1.27 bits per heavy atom. The van der Waals surface area contributed by atoms with Crippen molar-refractivity contribution >= 4 is 27.3 Å². The van der Waals surface area contributed by atoms with Crippen molar-refractivity contribution in [1.82, 2.24) is 4.31 Å². The van der Waals surface area contributed by atoms with Crippen LogP contribution in [0.15, 0.2) is 47.4 Å². The van der Waals surface area contributed by atoms with Crippen molar-refractivity contribution in [2.45, 2.75) is 17.9 Å². The normalized spacial score (nSPS) is 13.0. The molecule has 0 unspecified atom stereocenters. The quantitative estimate of drug-likeness (QED) is 0.566. The molecule has 10 heteroatoms. The van der Waals surface area contributed by atoms with Crippen molar-refractivity contribution in [2.24, 2.45) is 5.73 Å². The third-order valence-electron chi connectivity index (χ3n) is 3.81. The van der Waals surface area contributed by atoms with E-state index in [1.54, 1.807) is 6.92 Å². The number of hydrogen-bond acceptors (Lipinski definition) is 5. The average molecular weight is 402 g/mol. The van der Waals surface area contributed by atoms with Crippen molar-refractivity contribution in [1.29, 1.82) is 0 Å². The van der Waals surface area contributed by atoms with E-state index >= 15 is 0 Å². The van der Waals surface area contributed by atoms with Crippen LogP contribution in [-0.4, -0.2) is 30.7 Å². The summed E-state index contributed by atoms with van der Waals surface area (Å²) < 4.78 is 39.9. The van der Waals surface area contributed by atoms with Crippen LogP contribution in [0.5, 0.6) is 0 Å². The summed E-state index contributed by atoms with van der Waals surface area (Å²) in [5.74, 6) is -0.589. The number of nitrogens with two attached hydrogens (primary N) is 1. The summed E-state index contributed by atoms with van der Waals surface area (Å²) in [6, 6.07) is 7.85. The van der Waals surface area contributed by atoms with Gasteiger partial charge in [-0.2, -0.15) is 4.31 Å². The first kappa shape index (κ1) is 20.2. The van der Waals surface area contributed by atoms with E-state index in [1.807, 2.05) is 0 Å². The molecule has 0 saturated heterocycles. The fourth-order valence-corrected chi connectivity index (χ4v) is 4.02. The Morgan fingerprint density at radius 3 is 2.38 bits per heavy atom. The minimum Gasteiger partial charge on any atom is -0.323 e. The lowest BCUT2D eigenvalue weighted by Crippen LogP contribution is -2.37. The summed E-state index contributed by atoms with van der Waals surface area (Å²) in [6.45, 7) is 1.73. The average Bonchev–Trinajstić information content (AvgIpc) is 2.61. The Labute approximate surface area is 155 Å². The molecule has 7 nitrogen and oxygen atoms in total. The Bertz CT molecular complexity index is 906. The first-order chi connectivity index (χ1) is 12.2. The van der Waals surface area contributed by atoms with Crippen LogP contribution in [0.4, 0.5) is 10.1 Å². The Balaban J connectivity index is 2.25. The highest BCUT2D eigenvalue weighted by atomic mass is 35.5. The molecule has 0 aromatic heterocycles. The van der Waals surface area contributed by atoms with E-state index in [9.17, 15) is 22.9 Å². The zero-order chi connectivity index (χ0) is 19.5. The van der Waals surface area contributed by atoms with Gasteiger partial charge in [-0.3, -0.25) is 10.1 Å². The lowest BCUT2D eigenvalue weighted by molar-refractivity contribution is -0.384. The summed E-state index contributed by atoms with van der Waals surface area (Å²) in [6.07, 6.45) is 0. The van der Waals surface area contributed by atoms with Crippen LogP contribution >= 0.6 is 11.6 Å². The van der Waals surface area contributed by atoms with E-state index in [-0.39, 0.29) is 28.7 Å². The topological polar surface area (TPSA) is 107 Å². The van der Waals surface area contributed by atoms with Gasteiger partial charge in [-0.1, -0.05) is 24.6 Å². The van der Waals surface area contributed by atoms with Gasteiger partial charge < -0.3 is 5.73 Å². The van der Waals surface area contributed by atoms with Gasteiger partial charge in [0.2, 0.25) is 10.0 Å².